The number of likely N-dealkylation sites (tertiary alicyclic amines) is 1. The highest BCUT2D eigenvalue weighted by Crippen LogP contribution is 2.61. The molecule has 0 spiro atoms. The quantitative estimate of drug-likeness (QED) is 0.700. The summed E-state index contributed by atoms with van der Waals surface area (Å²) in [6, 6.07) is -0.932. The van der Waals surface area contributed by atoms with E-state index in [1.165, 1.54) is 7.11 Å². The summed E-state index contributed by atoms with van der Waals surface area (Å²) in [6.07, 6.45) is 8.95. The van der Waals surface area contributed by atoms with Crippen LogP contribution in [0.5, 0.6) is 0 Å². The minimum absolute atomic E-state index is 0.0837. The summed E-state index contributed by atoms with van der Waals surface area (Å²) in [7, 11) is -2.07. The van der Waals surface area contributed by atoms with Crippen molar-refractivity contribution in [2.24, 2.45) is 5.92 Å². The Morgan fingerprint density at radius 3 is 2.65 bits per heavy atom. The molecule has 0 bridgehead atoms. The zero-order chi connectivity index (χ0) is 22.4. The molecule has 1 N–H and O–H groups in total. The number of carbonyl (C=O) groups excluding carboxylic acids is 1. The Labute approximate surface area is 184 Å². The van der Waals surface area contributed by atoms with Crippen LogP contribution in [0.1, 0.15) is 50.4 Å². The van der Waals surface area contributed by atoms with Crippen LogP contribution in [-0.4, -0.2) is 73.6 Å². The van der Waals surface area contributed by atoms with Gasteiger partial charge in [-0.3, -0.25) is 4.90 Å². The van der Waals surface area contributed by atoms with E-state index in [1.807, 2.05) is 26.2 Å². The van der Waals surface area contributed by atoms with Gasteiger partial charge in [0.05, 0.1) is 32.1 Å². The van der Waals surface area contributed by atoms with E-state index in [-0.39, 0.29) is 24.2 Å². The average molecular weight is 453 g/mol. The van der Waals surface area contributed by atoms with Crippen LogP contribution in [0, 0.1) is 12.8 Å². The zero-order valence-electron chi connectivity index (χ0n) is 18.6. The number of carbonyl (C=O) groups is 1. The highest BCUT2D eigenvalue weighted by molar-refractivity contribution is 7.88. The Kier molecular flexibility index (Phi) is 5.99. The van der Waals surface area contributed by atoms with Crippen LogP contribution >= 0.6 is 0 Å². The Balaban J connectivity index is 1.39. The van der Waals surface area contributed by atoms with E-state index in [0.29, 0.717) is 12.3 Å². The van der Waals surface area contributed by atoms with E-state index in [2.05, 4.69) is 14.7 Å². The van der Waals surface area contributed by atoms with Crippen molar-refractivity contribution in [1.29, 1.82) is 0 Å². The van der Waals surface area contributed by atoms with Gasteiger partial charge in [0.25, 0.3) is 0 Å². The summed E-state index contributed by atoms with van der Waals surface area (Å²) in [6.45, 7) is 4.16. The largest absolute Gasteiger partial charge is 0.453 e. The first-order valence-corrected chi connectivity index (χ1v) is 12.8. The highest BCUT2D eigenvalue weighted by atomic mass is 32.2. The van der Waals surface area contributed by atoms with Gasteiger partial charge >= 0.3 is 6.09 Å². The molecule has 2 aliphatic carbocycles. The number of ether oxygens (including phenoxy) is 2. The lowest BCUT2D eigenvalue weighted by molar-refractivity contribution is -0.0103. The van der Waals surface area contributed by atoms with Gasteiger partial charge in [0.2, 0.25) is 10.0 Å². The average Bonchev–Trinajstić information content (AvgIpc) is 3.36. The maximum absolute atomic E-state index is 12.3. The molecule has 6 atom stereocenters. The molecular weight excluding hydrogens is 420 g/mol. The molecule has 1 aromatic rings. The van der Waals surface area contributed by atoms with Crippen molar-refractivity contribution in [3.63, 3.8) is 0 Å². The van der Waals surface area contributed by atoms with Crippen LogP contribution < -0.4 is 4.72 Å². The first-order chi connectivity index (χ1) is 14.6. The lowest BCUT2D eigenvalue weighted by Crippen LogP contribution is -2.50. The standard InChI is InChI=1S/C21H32N4O5S/c1-13-10-22-19(23-11-13)21-6-5-16(8-15(21)9-21)30-12-18-17(24-31(4,27)28)7-14(2)25(18)20(26)29-3/h10-11,14-18,24H,5-9,12H2,1-4H3/t14-,15-,16+,17+,18+,21-/m1/s1. The third-order valence-electron chi connectivity index (χ3n) is 7.06. The summed E-state index contributed by atoms with van der Waals surface area (Å²) in [5.74, 6) is 1.46. The van der Waals surface area contributed by atoms with Gasteiger partial charge in [-0.15, -0.1) is 0 Å². The summed E-state index contributed by atoms with van der Waals surface area (Å²) in [5, 5.41) is 0. The Morgan fingerprint density at radius 2 is 2.03 bits per heavy atom. The second-order valence-corrected chi connectivity index (χ2v) is 11.2. The van der Waals surface area contributed by atoms with Crippen molar-refractivity contribution in [1.82, 2.24) is 19.6 Å². The van der Waals surface area contributed by atoms with Crippen LogP contribution in [0.4, 0.5) is 4.79 Å². The normalized spacial score (nSPS) is 35.0. The number of methoxy groups -OCH3 is 1. The lowest BCUT2D eigenvalue weighted by atomic mass is 9.86. The highest BCUT2D eigenvalue weighted by Gasteiger charge is 2.60. The van der Waals surface area contributed by atoms with E-state index >= 15 is 0 Å². The fraction of sp³-hybridized carbons (Fsp3) is 0.762. The molecule has 172 valence electrons. The van der Waals surface area contributed by atoms with E-state index in [4.69, 9.17) is 9.47 Å². The number of nitrogens with one attached hydrogen (secondary N) is 1. The smallest absolute Gasteiger partial charge is 0.410 e. The number of nitrogens with zero attached hydrogens (tertiary/aromatic N) is 3. The van der Waals surface area contributed by atoms with Gasteiger partial charge in [-0.1, -0.05) is 0 Å². The number of rotatable bonds is 6. The molecule has 10 heteroatoms. The van der Waals surface area contributed by atoms with E-state index in [0.717, 1.165) is 43.3 Å². The minimum atomic E-state index is -3.41. The fourth-order valence-electron chi connectivity index (χ4n) is 5.45. The van der Waals surface area contributed by atoms with Crippen LogP contribution in [0.2, 0.25) is 0 Å². The molecule has 9 nitrogen and oxygen atoms in total. The predicted octanol–water partition coefficient (Wildman–Crippen LogP) is 1.76. The summed E-state index contributed by atoms with van der Waals surface area (Å²) >= 11 is 0. The van der Waals surface area contributed by atoms with Gasteiger partial charge in [0.15, 0.2) is 0 Å². The van der Waals surface area contributed by atoms with Crippen molar-refractivity contribution in [2.45, 2.75) is 75.6 Å². The molecule has 31 heavy (non-hydrogen) atoms. The number of sulfonamides is 1. The summed E-state index contributed by atoms with van der Waals surface area (Å²) < 4.78 is 37.5. The fourth-order valence-corrected chi connectivity index (χ4v) is 6.25. The van der Waals surface area contributed by atoms with Gasteiger partial charge in [0, 0.05) is 29.9 Å². The topological polar surface area (TPSA) is 111 Å². The molecule has 0 radical (unpaired) electrons. The number of hydrogen-bond acceptors (Lipinski definition) is 7. The van der Waals surface area contributed by atoms with Gasteiger partial charge in [-0.2, -0.15) is 0 Å². The van der Waals surface area contributed by atoms with Gasteiger partial charge in [0.1, 0.15) is 5.82 Å². The molecule has 3 fully saturated rings. The van der Waals surface area contributed by atoms with Crippen LogP contribution in [0.15, 0.2) is 12.4 Å². The molecule has 0 unspecified atom stereocenters. The molecule has 2 heterocycles. The predicted molar refractivity (Wildman–Crippen MR) is 114 cm³/mol. The second kappa shape index (κ2) is 8.29. The molecule has 2 saturated carbocycles. The third kappa shape index (κ3) is 4.56. The Bertz CT molecular complexity index is 924. The molecule has 1 amide bonds. The Morgan fingerprint density at radius 1 is 1.32 bits per heavy atom. The minimum Gasteiger partial charge on any atom is -0.453 e. The number of amides is 1. The van der Waals surface area contributed by atoms with E-state index in [1.54, 1.807) is 4.90 Å². The SMILES string of the molecule is COC(=O)N1[C@H](C)C[C@H](NS(C)(=O)=O)[C@@H]1CO[C@H]1CC[C@@]2(c3ncc(C)cn3)C[C@H]2C1. The summed E-state index contributed by atoms with van der Waals surface area (Å²) in [5.41, 5.74) is 1.15. The Hall–Kier alpha value is -1.78. The first-order valence-electron chi connectivity index (χ1n) is 10.9. The van der Waals surface area contributed by atoms with Gasteiger partial charge in [-0.25, -0.2) is 27.9 Å². The van der Waals surface area contributed by atoms with Crippen molar-refractivity contribution in [2.75, 3.05) is 20.0 Å². The molecule has 4 rings (SSSR count). The number of hydrogen-bond donors (Lipinski definition) is 1. The van der Waals surface area contributed by atoms with Gasteiger partial charge in [-0.05, 0) is 57.4 Å². The van der Waals surface area contributed by atoms with Crippen molar-refractivity contribution >= 4 is 16.1 Å². The maximum atomic E-state index is 12.3. The first kappa shape index (κ1) is 22.4. The number of aromatic nitrogens is 2. The zero-order valence-corrected chi connectivity index (χ0v) is 19.4. The van der Waals surface area contributed by atoms with Crippen LogP contribution in [0.3, 0.4) is 0 Å². The van der Waals surface area contributed by atoms with E-state index in [9.17, 15) is 13.2 Å². The molecule has 1 aliphatic heterocycles. The number of aryl methyl sites for hydroxylation is 1. The molecule has 0 aromatic carbocycles. The lowest BCUT2D eigenvalue weighted by Gasteiger charge is -2.32. The van der Waals surface area contributed by atoms with Crippen molar-refractivity contribution in [3.8, 4) is 0 Å². The second-order valence-electron chi connectivity index (χ2n) is 9.40. The van der Waals surface area contributed by atoms with Crippen LogP contribution in [0.25, 0.3) is 0 Å². The molecule has 1 saturated heterocycles. The third-order valence-corrected chi connectivity index (χ3v) is 7.79. The maximum Gasteiger partial charge on any atom is 0.410 e. The monoisotopic (exact) mass is 452 g/mol. The van der Waals surface area contributed by atoms with Crippen LogP contribution in [-0.2, 0) is 24.9 Å². The summed E-state index contributed by atoms with van der Waals surface area (Å²) in [4.78, 5) is 23.1. The molecular formula is C21H32N4O5S. The van der Waals surface area contributed by atoms with E-state index < -0.39 is 28.2 Å². The molecule has 3 aliphatic rings. The van der Waals surface area contributed by atoms with Gasteiger partial charge < -0.3 is 9.47 Å². The number of fused-ring (bicyclic) bond motifs is 1. The van der Waals surface area contributed by atoms with Crippen molar-refractivity contribution in [3.05, 3.63) is 23.8 Å². The van der Waals surface area contributed by atoms with Crippen molar-refractivity contribution < 1.29 is 22.7 Å². The molecule has 1 aromatic heterocycles.